The largest absolute Gasteiger partial charge is 0.444 e. The van der Waals surface area contributed by atoms with Crippen molar-refractivity contribution in [2.75, 3.05) is 13.1 Å². The number of nitrogens with one attached hydrogen (secondary N) is 1. The van der Waals surface area contributed by atoms with Crippen LogP contribution in [0.2, 0.25) is 0 Å². The van der Waals surface area contributed by atoms with Gasteiger partial charge in [-0.15, -0.1) is 0 Å². The maximum atomic E-state index is 13.3. The number of hydrogen-bond donors (Lipinski definition) is 1. The van der Waals surface area contributed by atoms with E-state index in [1.807, 2.05) is 27.7 Å². The molecule has 0 radical (unpaired) electrons. The van der Waals surface area contributed by atoms with E-state index in [4.69, 9.17) is 4.74 Å². The number of ether oxygens (including phenoxy) is 1. The average Bonchev–Trinajstić information content (AvgIpc) is 2.71. The van der Waals surface area contributed by atoms with Crippen molar-refractivity contribution in [2.45, 2.75) is 64.6 Å². The third kappa shape index (κ3) is 5.74. The van der Waals surface area contributed by atoms with Gasteiger partial charge in [-0.1, -0.05) is 6.42 Å². The number of amides is 1. The Morgan fingerprint density at radius 3 is 2.83 bits per heavy atom. The lowest BCUT2D eigenvalue weighted by Crippen LogP contribution is -2.45. The lowest BCUT2D eigenvalue weighted by Gasteiger charge is -2.30. The van der Waals surface area contributed by atoms with Crippen molar-refractivity contribution in [3.63, 3.8) is 0 Å². The summed E-state index contributed by atoms with van der Waals surface area (Å²) < 4.78 is 18.8. The minimum atomic E-state index is -0.493. The molecular weight excluding hydrogens is 309 g/mol. The Morgan fingerprint density at radius 1 is 1.42 bits per heavy atom. The molecule has 2 rings (SSSR count). The zero-order valence-corrected chi connectivity index (χ0v) is 15.0. The second-order valence-electron chi connectivity index (χ2n) is 7.44. The highest BCUT2D eigenvalue weighted by atomic mass is 19.1. The number of pyridine rings is 1. The van der Waals surface area contributed by atoms with Crippen LogP contribution in [0, 0.1) is 5.82 Å². The summed E-state index contributed by atoms with van der Waals surface area (Å²) in [6.07, 6.45) is 5.59. The van der Waals surface area contributed by atoms with Gasteiger partial charge in [-0.25, -0.2) is 9.18 Å². The van der Waals surface area contributed by atoms with Crippen LogP contribution in [-0.4, -0.2) is 40.7 Å². The van der Waals surface area contributed by atoms with Crippen LogP contribution in [0.4, 0.5) is 9.18 Å². The van der Waals surface area contributed by atoms with E-state index >= 15 is 0 Å². The number of halogens is 1. The molecule has 2 atom stereocenters. The fourth-order valence-electron chi connectivity index (χ4n) is 2.89. The van der Waals surface area contributed by atoms with Gasteiger partial charge < -0.3 is 15.0 Å². The Hall–Kier alpha value is -1.69. The molecule has 0 bridgehead atoms. The molecule has 1 aromatic heterocycles. The molecule has 1 N–H and O–H groups in total. The van der Waals surface area contributed by atoms with E-state index in [1.165, 1.54) is 12.3 Å². The van der Waals surface area contributed by atoms with E-state index in [1.54, 1.807) is 11.1 Å². The number of likely N-dealkylation sites (tertiary alicyclic amines) is 1. The number of rotatable bonds is 3. The Bertz CT molecular complexity index is 559. The number of carbonyl (C=O) groups excluding carboxylic acids is 1. The summed E-state index contributed by atoms with van der Waals surface area (Å²) in [5.41, 5.74) is 0.315. The first-order chi connectivity index (χ1) is 11.2. The molecule has 0 aromatic carbocycles. The van der Waals surface area contributed by atoms with Crippen molar-refractivity contribution < 1.29 is 13.9 Å². The molecule has 5 nitrogen and oxygen atoms in total. The van der Waals surface area contributed by atoms with Gasteiger partial charge in [0.1, 0.15) is 11.4 Å². The predicted octanol–water partition coefficient (Wildman–Crippen LogP) is 3.66. The van der Waals surface area contributed by atoms with Crippen molar-refractivity contribution in [1.82, 2.24) is 15.2 Å². The van der Waals surface area contributed by atoms with Crippen LogP contribution in [0.15, 0.2) is 18.5 Å². The molecular formula is C18H28FN3O2. The van der Waals surface area contributed by atoms with Crippen LogP contribution < -0.4 is 5.32 Å². The first kappa shape index (κ1) is 18.6. The molecule has 24 heavy (non-hydrogen) atoms. The standard InChI is InChI=1S/C18H28FN3O2/c1-13(14-9-15(19)11-20-10-14)21-16-7-5-6-8-22(12-16)17(23)24-18(2,3)4/h9-11,13,16,21H,5-8,12H2,1-4H3. The van der Waals surface area contributed by atoms with Crippen LogP contribution in [0.1, 0.15) is 58.6 Å². The molecule has 1 fully saturated rings. The van der Waals surface area contributed by atoms with Gasteiger partial charge >= 0.3 is 6.09 Å². The van der Waals surface area contributed by atoms with Crippen LogP contribution in [0.3, 0.4) is 0 Å². The molecule has 0 aliphatic carbocycles. The topological polar surface area (TPSA) is 54.5 Å². The maximum Gasteiger partial charge on any atom is 0.410 e. The first-order valence-electron chi connectivity index (χ1n) is 8.59. The van der Waals surface area contributed by atoms with Gasteiger partial charge in [-0.05, 0) is 52.2 Å². The van der Waals surface area contributed by atoms with Crippen LogP contribution in [0.5, 0.6) is 0 Å². The zero-order valence-electron chi connectivity index (χ0n) is 15.0. The second kappa shape index (κ2) is 7.92. The smallest absolute Gasteiger partial charge is 0.410 e. The van der Waals surface area contributed by atoms with Gasteiger partial charge in [0.25, 0.3) is 0 Å². The van der Waals surface area contributed by atoms with Gasteiger partial charge in [0.2, 0.25) is 0 Å². The van der Waals surface area contributed by atoms with Crippen molar-refractivity contribution in [3.8, 4) is 0 Å². The number of carbonyl (C=O) groups is 1. The third-order valence-corrected chi connectivity index (χ3v) is 4.03. The molecule has 134 valence electrons. The summed E-state index contributed by atoms with van der Waals surface area (Å²) in [4.78, 5) is 18.0. The maximum absolute atomic E-state index is 13.3. The van der Waals surface area contributed by atoms with E-state index in [9.17, 15) is 9.18 Å². The summed E-state index contributed by atoms with van der Waals surface area (Å²) in [7, 11) is 0. The molecule has 2 heterocycles. The molecule has 1 amide bonds. The lowest BCUT2D eigenvalue weighted by molar-refractivity contribution is 0.0242. The number of aromatic nitrogens is 1. The summed E-state index contributed by atoms with van der Waals surface area (Å²) >= 11 is 0. The van der Waals surface area contributed by atoms with E-state index in [0.29, 0.717) is 13.1 Å². The molecule has 1 saturated heterocycles. The normalized spacial score (nSPS) is 20.4. The van der Waals surface area contributed by atoms with Crippen LogP contribution >= 0.6 is 0 Å². The Labute approximate surface area is 143 Å². The molecule has 2 unspecified atom stereocenters. The minimum absolute atomic E-state index is 0.0308. The van der Waals surface area contributed by atoms with Crippen molar-refractivity contribution in [1.29, 1.82) is 0 Å². The Morgan fingerprint density at radius 2 is 2.17 bits per heavy atom. The SMILES string of the molecule is CC(NC1CCCCN(C(=O)OC(C)(C)C)C1)c1cncc(F)c1. The quantitative estimate of drug-likeness (QED) is 0.914. The molecule has 0 spiro atoms. The molecule has 6 heteroatoms. The molecule has 1 aliphatic heterocycles. The van der Waals surface area contributed by atoms with Crippen LogP contribution in [-0.2, 0) is 4.74 Å². The van der Waals surface area contributed by atoms with E-state index in [2.05, 4.69) is 10.3 Å². The molecule has 0 saturated carbocycles. The van der Waals surface area contributed by atoms with Gasteiger partial charge in [-0.3, -0.25) is 4.98 Å². The Kier molecular flexibility index (Phi) is 6.15. The van der Waals surface area contributed by atoms with Gasteiger partial charge in [0, 0.05) is 31.4 Å². The summed E-state index contributed by atoms with van der Waals surface area (Å²) in [6.45, 7) is 8.91. The highest BCUT2D eigenvalue weighted by Crippen LogP contribution is 2.19. The number of hydrogen-bond acceptors (Lipinski definition) is 4. The van der Waals surface area contributed by atoms with Gasteiger partial charge in [0.15, 0.2) is 0 Å². The van der Waals surface area contributed by atoms with Gasteiger partial charge in [-0.2, -0.15) is 0 Å². The van der Waals surface area contributed by atoms with E-state index < -0.39 is 5.60 Å². The van der Waals surface area contributed by atoms with Crippen molar-refractivity contribution >= 4 is 6.09 Å². The summed E-state index contributed by atoms with van der Waals surface area (Å²) in [6, 6.07) is 1.61. The fraction of sp³-hybridized carbons (Fsp3) is 0.667. The zero-order chi connectivity index (χ0) is 17.7. The van der Waals surface area contributed by atoms with Gasteiger partial charge in [0.05, 0.1) is 6.20 Å². The van der Waals surface area contributed by atoms with Crippen LogP contribution in [0.25, 0.3) is 0 Å². The van der Waals surface area contributed by atoms with E-state index in [0.717, 1.165) is 24.8 Å². The third-order valence-electron chi connectivity index (χ3n) is 4.03. The second-order valence-corrected chi connectivity index (χ2v) is 7.44. The Balaban J connectivity index is 1.98. The van der Waals surface area contributed by atoms with E-state index in [-0.39, 0.29) is 24.0 Å². The monoisotopic (exact) mass is 337 g/mol. The highest BCUT2D eigenvalue weighted by Gasteiger charge is 2.27. The summed E-state index contributed by atoms with van der Waals surface area (Å²) in [5.74, 6) is -0.336. The highest BCUT2D eigenvalue weighted by molar-refractivity contribution is 5.68. The van der Waals surface area contributed by atoms with Crippen molar-refractivity contribution in [3.05, 3.63) is 29.8 Å². The van der Waals surface area contributed by atoms with Crippen molar-refractivity contribution in [2.24, 2.45) is 0 Å². The number of nitrogens with zero attached hydrogens (tertiary/aromatic N) is 2. The molecule has 1 aliphatic rings. The first-order valence-corrected chi connectivity index (χ1v) is 8.59. The average molecular weight is 337 g/mol. The predicted molar refractivity (Wildman–Crippen MR) is 91.2 cm³/mol. The lowest BCUT2D eigenvalue weighted by atomic mass is 10.1. The fourth-order valence-corrected chi connectivity index (χ4v) is 2.89. The summed E-state index contributed by atoms with van der Waals surface area (Å²) in [5, 5.41) is 3.49. The molecule has 1 aromatic rings. The minimum Gasteiger partial charge on any atom is -0.444 e.